The van der Waals surface area contributed by atoms with Crippen molar-refractivity contribution in [2.75, 3.05) is 0 Å². The van der Waals surface area contributed by atoms with Gasteiger partial charge in [-0.3, -0.25) is 0 Å². The van der Waals surface area contributed by atoms with Crippen LogP contribution in [0.4, 0.5) is 0 Å². The van der Waals surface area contributed by atoms with Gasteiger partial charge in [-0.2, -0.15) is 0 Å². The first kappa shape index (κ1) is 15.7. The summed E-state index contributed by atoms with van der Waals surface area (Å²) in [6, 6.07) is 0. The average Bonchev–Trinajstić information content (AvgIpc) is 2.28. The Balaban J connectivity index is 4.17. The Kier molecular flexibility index (Phi) is 7.80. The molecule has 2 unspecified atom stereocenters. The zero-order valence-electron chi connectivity index (χ0n) is 12.3. The molecule has 0 fully saturated rings. The summed E-state index contributed by atoms with van der Waals surface area (Å²) in [6.07, 6.45) is 11.2. The van der Waals surface area contributed by atoms with Crippen LogP contribution in [-0.2, 0) is 0 Å². The van der Waals surface area contributed by atoms with Crippen molar-refractivity contribution < 1.29 is 0 Å². The third-order valence-electron chi connectivity index (χ3n) is 4.61. The molecule has 0 aliphatic rings. The van der Waals surface area contributed by atoms with Crippen molar-refractivity contribution in [1.82, 2.24) is 0 Å². The van der Waals surface area contributed by atoms with Crippen molar-refractivity contribution in [3.63, 3.8) is 0 Å². The Morgan fingerprint density at radius 3 is 2.19 bits per heavy atom. The number of allylic oxidation sites excluding steroid dienone is 2. The third kappa shape index (κ3) is 5.18. The number of rotatable bonds is 8. The fraction of sp³-hybridized carbons (Fsp3) is 0.875. The molecule has 0 radical (unpaired) electrons. The Labute approximate surface area is 104 Å². The second-order valence-electron chi connectivity index (χ2n) is 5.78. The summed E-state index contributed by atoms with van der Waals surface area (Å²) < 4.78 is 0. The molecule has 0 bridgehead atoms. The lowest BCUT2D eigenvalue weighted by atomic mass is 9.72. The van der Waals surface area contributed by atoms with Crippen LogP contribution in [0.1, 0.15) is 73.6 Å². The van der Waals surface area contributed by atoms with Crippen LogP contribution in [0, 0.1) is 17.3 Å². The molecule has 0 rings (SSSR count). The summed E-state index contributed by atoms with van der Waals surface area (Å²) in [5, 5.41) is 0. The van der Waals surface area contributed by atoms with E-state index in [4.69, 9.17) is 0 Å². The molecule has 16 heavy (non-hydrogen) atoms. The lowest BCUT2D eigenvalue weighted by Gasteiger charge is -2.34. The second kappa shape index (κ2) is 7.92. The lowest BCUT2D eigenvalue weighted by Crippen LogP contribution is -2.23. The van der Waals surface area contributed by atoms with Gasteiger partial charge in [-0.05, 0) is 43.4 Å². The lowest BCUT2D eigenvalue weighted by molar-refractivity contribution is 0.172. The van der Waals surface area contributed by atoms with Crippen LogP contribution in [0.25, 0.3) is 0 Å². The van der Waals surface area contributed by atoms with Gasteiger partial charge in [0.1, 0.15) is 0 Å². The van der Waals surface area contributed by atoms with Gasteiger partial charge in [0.2, 0.25) is 0 Å². The van der Waals surface area contributed by atoms with E-state index >= 15 is 0 Å². The summed E-state index contributed by atoms with van der Waals surface area (Å²) in [7, 11) is 0. The van der Waals surface area contributed by atoms with E-state index in [9.17, 15) is 0 Å². The van der Waals surface area contributed by atoms with E-state index in [0.29, 0.717) is 5.41 Å². The summed E-state index contributed by atoms with van der Waals surface area (Å²) in [5.74, 6) is 1.69. The third-order valence-corrected chi connectivity index (χ3v) is 4.61. The van der Waals surface area contributed by atoms with Gasteiger partial charge in [0.15, 0.2) is 0 Å². The van der Waals surface area contributed by atoms with E-state index in [0.717, 1.165) is 11.8 Å². The molecule has 0 saturated heterocycles. The Morgan fingerprint density at radius 1 is 1.19 bits per heavy atom. The molecule has 0 aliphatic carbocycles. The topological polar surface area (TPSA) is 0 Å². The van der Waals surface area contributed by atoms with Crippen LogP contribution in [0.2, 0.25) is 0 Å². The first-order valence-corrected chi connectivity index (χ1v) is 7.11. The standard InChI is InChI=1S/C16H32/c1-7-10-11-15(8-2)12-13-16(6,9-3)14(4)5/h7,10,14-15H,8-9,11-13H2,1-6H3. The van der Waals surface area contributed by atoms with Crippen LogP contribution in [0.15, 0.2) is 12.2 Å². The van der Waals surface area contributed by atoms with E-state index in [-0.39, 0.29) is 0 Å². The average molecular weight is 224 g/mol. The highest BCUT2D eigenvalue weighted by Gasteiger charge is 2.26. The molecule has 0 aliphatic heterocycles. The molecule has 2 atom stereocenters. The van der Waals surface area contributed by atoms with Gasteiger partial charge in [0.25, 0.3) is 0 Å². The van der Waals surface area contributed by atoms with Gasteiger partial charge in [-0.15, -0.1) is 0 Å². The highest BCUT2D eigenvalue weighted by Crippen LogP contribution is 2.37. The highest BCUT2D eigenvalue weighted by atomic mass is 14.3. The smallest absolute Gasteiger partial charge is 0.0305 e. The van der Waals surface area contributed by atoms with Gasteiger partial charge < -0.3 is 0 Å². The molecule has 0 aromatic heterocycles. The predicted octanol–water partition coefficient (Wildman–Crippen LogP) is 5.83. The molecule has 0 saturated carbocycles. The van der Waals surface area contributed by atoms with E-state index < -0.39 is 0 Å². The SMILES string of the molecule is CC=CCC(CC)CCC(C)(CC)C(C)C. The van der Waals surface area contributed by atoms with E-state index in [1.165, 1.54) is 32.1 Å². The van der Waals surface area contributed by atoms with Crippen molar-refractivity contribution in [2.45, 2.75) is 73.6 Å². The fourth-order valence-corrected chi connectivity index (χ4v) is 2.22. The minimum atomic E-state index is 0.545. The molecule has 0 nitrogen and oxygen atoms in total. The molecule has 0 spiro atoms. The van der Waals surface area contributed by atoms with Crippen LogP contribution in [-0.4, -0.2) is 0 Å². The Morgan fingerprint density at radius 2 is 1.81 bits per heavy atom. The second-order valence-corrected chi connectivity index (χ2v) is 5.78. The van der Waals surface area contributed by atoms with Crippen LogP contribution >= 0.6 is 0 Å². The van der Waals surface area contributed by atoms with Gasteiger partial charge in [-0.1, -0.05) is 59.6 Å². The molecule has 96 valence electrons. The normalized spacial score (nSPS) is 17.9. The molecule has 0 N–H and O–H groups in total. The number of hydrogen-bond acceptors (Lipinski definition) is 0. The fourth-order valence-electron chi connectivity index (χ4n) is 2.22. The minimum Gasteiger partial charge on any atom is -0.0917 e. The molecule has 0 amide bonds. The largest absolute Gasteiger partial charge is 0.0917 e. The summed E-state index contributed by atoms with van der Waals surface area (Å²) in [5.41, 5.74) is 0.545. The molecule has 0 aromatic carbocycles. The maximum atomic E-state index is 2.46. The number of hydrogen-bond donors (Lipinski definition) is 0. The predicted molar refractivity (Wildman–Crippen MR) is 75.7 cm³/mol. The molecule has 0 heterocycles. The van der Waals surface area contributed by atoms with Gasteiger partial charge in [0, 0.05) is 0 Å². The van der Waals surface area contributed by atoms with Gasteiger partial charge in [0.05, 0.1) is 0 Å². The van der Waals surface area contributed by atoms with Gasteiger partial charge in [-0.25, -0.2) is 0 Å². The summed E-state index contributed by atoms with van der Waals surface area (Å²) in [6.45, 7) is 14.0. The monoisotopic (exact) mass is 224 g/mol. The summed E-state index contributed by atoms with van der Waals surface area (Å²) in [4.78, 5) is 0. The van der Waals surface area contributed by atoms with Crippen LogP contribution in [0.3, 0.4) is 0 Å². The zero-order valence-corrected chi connectivity index (χ0v) is 12.3. The van der Waals surface area contributed by atoms with Crippen molar-refractivity contribution in [1.29, 1.82) is 0 Å². The summed E-state index contributed by atoms with van der Waals surface area (Å²) >= 11 is 0. The molecular weight excluding hydrogens is 192 g/mol. The molecular formula is C16H32. The van der Waals surface area contributed by atoms with E-state index in [1.54, 1.807) is 0 Å². The highest BCUT2D eigenvalue weighted by molar-refractivity contribution is 4.82. The van der Waals surface area contributed by atoms with E-state index in [2.05, 4.69) is 53.7 Å². The maximum absolute atomic E-state index is 2.46. The minimum absolute atomic E-state index is 0.545. The first-order valence-electron chi connectivity index (χ1n) is 7.11. The van der Waals surface area contributed by atoms with Gasteiger partial charge >= 0.3 is 0 Å². The van der Waals surface area contributed by atoms with Crippen molar-refractivity contribution in [3.8, 4) is 0 Å². The Hall–Kier alpha value is -0.260. The first-order chi connectivity index (χ1) is 7.50. The van der Waals surface area contributed by atoms with Crippen molar-refractivity contribution in [3.05, 3.63) is 12.2 Å². The molecule has 0 aromatic rings. The molecule has 0 heteroatoms. The van der Waals surface area contributed by atoms with Crippen LogP contribution in [0.5, 0.6) is 0 Å². The van der Waals surface area contributed by atoms with Crippen molar-refractivity contribution >= 4 is 0 Å². The van der Waals surface area contributed by atoms with Crippen molar-refractivity contribution in [2.24, 2.45) is 17.3 Å². The quantitative estimate of drug-likeness (QED) is 0.455. The Bertz CT molecular complexity index is 190. The van der Waals surface area contributed by atoms with E-state index in [1.807, 2.05) is 0 Å². The maximum Gasteiger partial charge on any atom is -0.0305 e. The zero-order chi connectivity index (χ0) is 12.6. The van der Waals surface area contributed by atoms with Crippen LogP contribution < -0.4 is 0 Å².